The third-order valence-electron chi connectivity index (χ3n) is 3.42. The number of pyridine rings is 1. The van der Waals surface area contributed by atoms with Gasteiger partial charge in [0.25, 0.3) is 11.6 Å². The molecule has 2 heterocycles. The van der Waals surface area contributed by atoms with Crippen LogP contribution in [0.15, 0.2) is 10.6 Å². The number of fused-ring (bicyclic) bond motifs is 1. The molecule has 6 heteroatoms. The Hall–Kier alpha value is -1.95. The number of nitrogens with zero attached hydrogens (tertiary/aromatic N) is 3. The van der Waals surface area contributed by atoms with Crippen molar-refractivity contribution in [3.8, 4) is 0 Å². The molecule has 2 rings (SSSR count). The van der Waals surface area contributed by atoms with Crippen molar-refractivity contribution in [1.29, 1.82) is 0 Å². The maximum Gasteiger partial charge on any atom is 0.258 e. The molecular formula is C15H21N3O3. The number of aryl methyl sites for hydroxylation is 2. The fourth-order valence-electron chi connectivity index (χ4n) is 2.38. The van der Waals surface area contributed by atoms with Gasteiger partial charge in [-0.25, -0.2) is 4.98 Å². The number of aliphatic hydroxyl groups is 1. The van der Waals surface area contributed by atoms with Crippen LogP contribution >= 0.6 is 0 Å². The van der Waals surface area contributed by atoms with E-state index in [1.54, 1.807) is 17.9 Å². The summed E-state index contributed by atoms with van der Waals surface area (Å²) in [5.74, 6) is -0.0831. The molecule has 0 aromatic carbocycles. The molecular weight excluding hydrogens is 270 g/mol. The van der Waals surface area contributed by atoms with Gasteiger partial charge >= 0.3 is 0 Å². The third kappa shape index (κ3) is 3.05. The van der Waals surface area contributed by atoms with Crippen molar-refractivity contribution in [3.63, 3.8) is 0 Å². The number of hydrogen-bond acceptors (Lipinski definition) is 5. The maximum atomic E-state index is 12.9. The number of carbonyl (C=O) groups excluding carboxylic acids is 1. The zero-order valence-electron chi connectivity index (χ0n) is 12.9. The summed E-state index contributed by atoms with van der Waals surface area (Å²) in [4.78, 5) is 18.9. The molecule has 0 saturated carbocycles. The van der Waals surface area contributed by atoms with E-state index in [0.717, 1.165) is 0 Å². The fourth-order valence-corrected chi connectivity index (χ4v) is 2.38. The maximum absolute atomic E-state index is 12.9. The van der Waals surface area contributed by atoms with Crippen molar-refractivity contribution >= 4 is 17.0 Å². The molecule has 6 nitrogen and oxygen atoms in total. The van der Waals surface area contributed by atoms with Crippen LogP contribution < -0.4 is 0 Å². The molecule has 2 aromatic rings. The molecule has 114 valence electrons. The molecule has 0 spiro atoms. The SMILES string of the molecule is Cc1cc(C(=O)N(CCCO)C(C)C)c2c(C)noc2n1. The second-order valence-electron chi connectivity index (χ2n) is 5.43. The minimum absolute atomic E-state index is 0.0488. The van der Waals surface area contributed by atoms with Gasteiger partial charge < -0.3 is 14.5 Å². The van der Waals surface area contributed by atoms with Crippen LogP contribution in [0.2, 0.25) is 0 Å². The van der Waals surface area contributed by atoms with Crippen LogP contribution in [0.1, 0.15) is 42.0 Å². The summed E-state index contributed by atoms with van der Waals surface area (Å²) in [5, 5.41) is 13.6. The van der Waals surface area contributed by atoms with Crippen molar-refractivity contribution in [3.05, 3.63) is 23.0 Å². The Bertz CT molecular complexity index is 649. The zero-order chi connectivity index (χ0) is 15.6. The first-order chi connectivity index (χ1) is 9.95. The zero-order valence-corrected chi connectivity index (χ0v) is 12.9. The van der Waals surface area contributed by atoms with Crippen molar-refractivity contribution < 1.29 is 14.4 Å². The number of carbonyl (C=O) groups is 1. The molecule has 1 amide bonds. The Morgan fingerprint density at radius 3 is 2.76 bits per heavy atom. The normalized spacial score (nSPS) is 11.3. The van der Waals surface area contributed by atoms with Crippen LogP contribution in [0.25, 0.3) is 11.1 Å². The molecule has 0 saturated heterocycles. The van der Waals surface area contributed by atoms with E-state index in [1.807, 2.05) is 20.8 Å². The molecule has 0 fully saturated rings. The van der Waals surface area contributed by atoms with E-state index in [9.17, 15) is 4.79 Å². The monoisotopic (exact) mass is 291 g/mol. The van der Waals surface area contributed by atoms with Gasteiger partial charge in [-0.2, -0.15) is 0 Å². The van der Waals surface area contributed by atoms with Gasteiger partial charge in [-0.3, -0.25) is 4.79 Å². The summed E-state index contributed by atoms with van der Waals surface area (Å²) in [5.41, 5.74) is 2.32. The lowest BCUT2D eigenvalue weighted by molar-refractivity contribution is 0.0695. The lowest BCUT2D eigenvalue weighted by Crippen LogP contribution is -2.38. The average Bonchev–Trinajstić information content (AvgIpc) is 2.79. The van der Waals surface area contributed by atoms with Gasteiger partial charge in [-0.05, 0) is 40.2 Å². The smallest absolute Gasteiger partial charge is 0.258 e. The molecule has 1 N–H and O–H groups in total. The molecule has 0 bridgehead atoms. The van der Waals surface area contributed by atoms with Gasteiger partial charge in [0.2, 0.25) is 0 Å². The molecule has 2 aromatic heterocycles. The Labute approximate surface area is 123 Å². The Morgan fingerprint density at radius 2 is 2.14 bits per heavy atom. The van der Waals surface area contributed by atoms with Gasteiger partial charge in [0.05, 0.1) is 16.6 Å². The lowest BCUT2D eigenvalue weighted by atomic mass is 10.1. The van der Waals surface area contributed by atoms with E-state index in [2.05, 4.69) is 10.1 Å². The van der Waals surface area contributed by atoms with E-state index in [0.29, 0.717) is 41.0 Å². The summed E-state index contributed by atoms with van der Waals surface area (Å²) in [6.45, 7) is 8.12. The second kappa shape index (κ2) is 6.22. The minimum atomic E-state index is -0.0831. The highest BCUT2D eigenvalue weighted by molar-refractivity contribution is 6.06. The first-order valence-corrected chi connectivity index (χ1v) is 7.11. The molecule has 0 radical (unpaired) electrons. The Kier molecular flexibility index (Phi) is 4.57. The van der Waals surface area contributed by atoms with Crippen molar-refractivity contribution in [2.75, 3.05) is 13.2 Å². The van der Waals surface area contributed by atoms with Crippen LogP contribution in [-0.2, 0) is 0 Å². The first-order valence-electron chi connectivity index (χ1n) is 7.11. The largest absolute Gasteiger partial charge is 0.396 e. The summed E-state index contributed by atoms with van der Waals surface area (Å²) in [6, 6.07) is 1.82. The predicted molar refractivity (Wildman–Crippen MR) is 79.2 cm³/mol. The topological polar surface area (TPSA) is 79.5 Å². The number of aliphatic hydroxyl groups excluding tert-OH is 1. The quantitative estimate of drug-likeness (QED) is 0.912. The van der Waals surface area contributed by atoms with Crippen LogP contribution in [0.3, 0.4) is 0 Å². The van der Waals surface area contributed by atoms with E-state index in [1.165, 1.54) is 0 Å². The molecule has 0 aliphatic rings. The third-order valence-corrected chi connectivity index (χ3v) is 3.42. The van der Waals surface area contributed by atoms with Gasteiger partial charge in [-0.15, -0.1) is 0 Å². The summed E-state index contributed by atoms with van der Waals surface area (Å²) in [6.07, 6.45) is 0.555. The lowest BCUT2D eigenvalue weighted by Gasteiger charge is -2.27. The standard InChI is InChI=1S/C15H21N3O3/c1-9(2)18(6-5-7-19)15(20)12-8-10(3)16-14-13(12)11(4)17-21-14/h8-9,19H,5-7H2,1-4H3. The van der Waals surface area contributed by atoms with E-state index >= 15 is 0 Å². The predicted octanol–water partition coefficient (Wildman–Crippen LogP) is 2.07. The van der Waals surface area contributed by atoms with E-state index < -0.39 is 0 Å². The molecule has 0 unspecified atom stereocenters. The first kappa shape index (κ1) is 15.4. The van der Waals surface area contributed by atoms with Gasteiger partial charge in [0, 0.05) is 24.9 Å². The summed E-state index contributed by atoms with van der Waals surface area (Å²) < 4.78 is 5.17. The van der Waals surface area contributed by atoms with Crippen molar-refractivity contribution in [1.82, 2.24) is 15.0 Å². The van der Waals surface area contributed by atoms with E-state index in [-0.39, 0.29) is 18.6 Å². The van der Waals surface area contributed by atoms with Crippen LogP contribution in [-0.4, -0.2) is 45.2 Å². The number of aromatic nitrogens is 2. The van der Waals surface area contributed by atoms with E-state index in [4.69, 9.17) is 9.63 Å². The Morgan fingerprint density at radius 1 is 1.43 bits per heavy atom. The molecule has 21 heavy (non-hydrogen) atoms. The highest BCUT2D eigenvalue weighted by atomic mass is 16.5. The second-order valence-corrected chi connectivity index (χ2v) is 5.43. The molecule has 0 aliphatic heterocycles. The van der Waals surface area contributed by atoms with Crippen molar-refractivity contribution in [2.45, 2.75) is 40.2 Å². The van der Waals surface area contributed by atoms with Gasteiger partial charge in [-0.1, -0.05) is 5.16 Å². The van der Waals surface area contributed by atoms with Crippen LogP contribution in [0.4, 0.5) is 0 Å². The van der Waals surface area contributed by atoms with Gasteiger partial charge in [0.1, 0.15) is 0 Å². The highest BCUT2D eigenvalue weighted by Gasteiger charge is 2.23. The van der Waals surface area contributed by atoms with Crippen molar-refractivity contribution in [2.24, 2.45) is 0 Å². The summed E-state index contributed by atoms with van der Waals surface area (Å²) >= 11 is 0. The average molecular weight is 291 g/mol. The Balaban J connectivity index is 2.48. The summed E-state index contributed by atoms with van der Waals surface area (Å²) in [7, 11) is 0. The number of hydrogen-bond donors (Lipinski definition) is 1. The highest BCUT2D eigenvalue weighted by Crippen LogP contribution is 2.23. The van der Waals surface area contributed by atoms with Crippen LogP contribution in [0.5, 0.6) is 0 Å². The van der Waals surface area contributed by atoms with Gasteiger partial charge in [0.15, 0.2) is 0 Å². The number of amides is 1. The minimum Gasteiger partial charge on any atom is -0.396 e. The molecule has 0 aliphatic carbocycles. The molecule has 0 atom stereocenters. The fraction of sp³-hybridized carbons (Fsp3) is 0.533. The number of rotatable bonds is 5. The van der Waals surface area contributed by atoms with Crippen LogP contribution in [0, 0.1) is 13.8 Å².